The van der Waals surface area contributed by atoms with Crippen LogP contribution in [0, 0.1) is 0 Å². The molecule has 0 fully saturated rings. The fourth-order valence-corrected chi connectivity index (χ4v) is 14.9. The van der Waals surface area contributed by atoms with Crippen LogP contribution in [0.25, 0.3) is 186 Å². The van der Waals surface area contributed by atoms with E-state index in [1.807, 2.05) is 0 Å². The second kappa shape index (κ2) is 18.0. The Balaban J connectivity index is 0.811. The molecular weight excluding hydrogens is 1040 g/mol. The monoisotopic (exact) mass is 1090 g/mol. The second-order valence-corrected chi connectivity index (χ2v) is 23.1. The third-order valence-electron chi connectivity index (χ3n) is 18.7. The van der Waals surface area contributed by atoms with Crippen molar-refractivity contribution < 1.29 is 0 Å². The summed E-state index contributed by atoms with van der Waals surface area (Å²) in [5, 5.41) is 27.1. The lowest BCUT2D eigenvalue weighted by Crippen LogP contribution is -2.04. The van der Waals surface area contributed by atoms with Crippen LogP contribution in [-0.4, -0.2) is 19.1 Å². The van der Waals surface area contributed by atoms with E-state index in [4.69, 9.17) is 9.97 Å². The van der Waals surface area contributed by atoms with E-state index in [-0.39, 0.29) is 0 Å². The zero-order valence-electron chi connectivity index (χ0n) is 46.5. The van der Waals surface area contributed by atoms with E-state index in [0.717, 1.165) is 55.4 Å². The normalized spacial score (nSPS) is 12.2. The summed E-state index contributed by atoms with van der Waals surface area (Å²) in [6, 6.07) is 107. The van der Waals surface area contributed by atoms with Gasteiger partial charge >= 0.3 is 0 Å². The Labute approximate surface area is 493 Å². The summed E-state index contributed by atoms with van der Waals surface area (Å²) >= 11 is 0. The Kier molecular flexibility index (Phi) is 9.86. The molecule has 0 spiro atoms. The number of benzene rings is 16. The van der Waals surface area contributed by atoms with Crippen LogP contribution in [-0.2, 0) is 0 Å². The molecule has 396 valence electrons. The summed E-state index contributed by atoms with van der Waals surface area (Å²) in [7, 11) is 0. The first kappa shape index (κ1) is 47.1. The third kappa shape index (κ3) is 6.75. The predicted molar refractivity (Wildman–Crippen MR) is 365 cm³/mol. The number of hydrogen-bond donors (Lipinski definition) is 0. The molecule has 3 heterocycles. The highest BCUT2D eigenvalue weighted by atomic mass is 15.2. The number of aromatic nitrogens is 4. The van der Waals surface area contributed by atoms with Crippen molar-refractivity contribution in [2.24, 2.45) is 0 Å². The predicted octanol–water partition coefficient (Wildman–Crippen LogP) is 22.1. The molecule has 0 unspecified atom stereocenters. The average Bonchev–Trinajstić information content (AvgIpc) is 1.54. The summed E-state index contributed by atoms with van der Waals surface area (Å²) in [5.41, 5.74) is 11.7. The Hall–Kier alpha value is -11.5. The van der Waals surface area contributed by atoms with E-state index in [1.165, 1.54) is 124 Å². The topological polar surface area (TPSA) is 35.6 Å². The molecular formula is C82H48N4. The summed E-state index contributed by atoms with van der Waals surface area (Å²) in [4.78, 5) is 11.3. The zero-order valence-corrected chi connectivity index (χ0v) is 46.5. The Morgan fingerprint density at radius 2 is 0.477 bits per heavy atom. The van der Waals surface area contributed by atoms with Crippen LogP contribution < -0.4 is 0 Å². The summed E-state index contributed by atoms with van der Waals surface area (Å²) < 4.78 is 4.77. The zero-order chi connectivity index (χ0) is 56.1. The third-order valence-corrected chi connectivity index (χ3v) is 18.7. The molecule has 0 aliphatic rings. The van der Waals surface area contributed by atoms with Gasteiger partial charge in [-0.15, -0.1) is 0 Å². The van der Waals surface area contributed by atoms with Gasteiger partial charge in [0.25, 0.3) is 0 Å². The molecule has 0 amide bonds. The van der Waals surface area contributed by atoms with Crippen molar-refractivity contribution in [2.75, 3.05) is 0 Å². The van der Waals surface area contributed by atoms with Gasteiger partial charge in [0.1, 0.15) is 0 Å². The van der Waals surface area contributed by atoms with Crippen molar-refractivity contribution in [1.29, 1.82) is 0 Å². The van der Waals surface area contributed by atoms with Crippen molar-refractivity contribution in [3.8, 4) is 45.3 Å². The van der Waals surface area contributed by atoms with E-state index in [1.54, 1.807) is 0 Å². The standard InChI is InChI=1S/C82H48N4/c1-3-22-57-53(18-1)55-20-6-9-27-62(55)70-46-51(36-40-64(57)70)74-48-75(52-37-41-65-58-23-4-2-19-54(58)56-21-7-10-28-63(56)71(65)47-52)84-82(83-74)86-77-34-16-14-30-67(77)73-45-50(39-43-79(73)86)49-38-42-78-72(44-49)66-29-13-15-33-76(66)85(78)80-35-17-32-69-61-25-8-5-24-59(61)60-26-11-12-31-68(60)81(69)80/h1-48H. The summed E-state index contributed by atoms with van der Waals surface area (Å²) in [5.74, 6) is 0.617. The Morgan fingerprint density at radius 3 is 0.907 bits per heavy atom. The highest BCUT2D eigenvalue weighted by molar-refractivity contribution is 6.29. The van der Waals surface area contributed by atoms with Gasteiger partial charge in [-0.1, -0.05) is 231 Å². The lowest BCUT2D eigenvalue weighted by atomic mass is 9.92. The summed E-state index contributed by atoms with van der Waals surface area (Å²) in [6.07, 6.45) is 0. The number of fused-ring (bicyclic) bond motifs is 24. The first-order valence-electron chi connectivity index (χ1n) is 29.6. The van der Waals surface area contributed by atoms with Gasteiger partial charge < -0.3 is 4.57 Å². The van der Waals surface area contributed by atoms with Crippen LogP contribution in [0.1, 0.15) is 0 Å². The van der Waals surface area contributed by atoms with Gasteiger partial charge in [-0.2, -0.15) is 0 Å². The van der Waals surface area contributed by atoms with Gasteiger partial charge in [0.15, 0.2) is 0 Å². The minimum absolute atomic E-state index is 0.617. The van der Waals surface area contributed by atoms with Gasteiger partial charge in [0.05, 0.1) is 39.1 Å². The molecule has 86 heavy (non-hydrogen) atoms. The van der Waals surface area contributed by atoms with Crippen molar-refractivity contribution >= 4 is 141 Å². The molecule has 0 radical (unpaired) electrons. The van der Waals surface area contributed by atoms with Crippen LogP contribution in [0.4, 0.5) is 0 Å². The first-order valence-corrected chi connectivity index (χ1v) is 29.6. The molecule has 4 heteroatoms. The van der Waals surface area contributed by atoms with Crippen LogP contribution >= 0.6 is 0 Å². The molecule has 4 nitrogen and oxygen atoms in total. The number of para-hydroxylation sites is 2. The molecule has 16 aromatic carbocycles. The van der Waals surface area contributed by atoms with Gasteiger partial charge in [0, 0.05) is 38.1 Å². The Morgan fingerprint density at radius 1 is 0.186 bits per heavy atom. The molecule has 0 bridgehead atoms. The first-order chi connectivity index (χ1) is 42.7. The number of rotatable bonds is 5. The lowest BCUT2D eigenvalue weighted by Gasteiger charge is -2.16. The second-order valence-electron chi connectivity index (χ2n) is 23.1. The van der Waals surface area contributed by atoms with E-state index >= 15 is 0 Å². The van der Waals surface area contributed by atoms with Crippen LogP contribution in [0.15, 0.2) is 291 Å². The molecule has 0 aliphatic heterocycles. The number of hydrogen-bond acceptors (Lipinski definition) is 2. The Bertz CT molecular complexity index is 5870. The van der Waals surface area contributed by atoms with Gasteiger partial charge in [-0.05, 0) is 163 Å². The molecule has 0 atom stereocenters. The maximum absolute atomic E-state index is 5.65. The fraction of sp³-hybridized carbons (Fsp3) is 0. The molecule has 0 saturated carbocycles. The SMILES string of the molecule is c1ccc2c(c1)c1ccccc1c1cc(-c3cc(-c4ccc5c6ccccc6c6ccccc6c5c4)nc(-n4c5ccccc5c5cc(-c6ccc7c(c6)c6ccccc6n7-c6cccc7c8ccccc8c8ccccc8c67)ccc54)n3)ccc21. The van der Waals surface area contributed by atoms with E-state index in [2.05, 4.69) is 300 Å². The van der Waals surface area contributed by atoms with E-state index < -0.39 is 0 Å². The van der Waals surface area contributed by atoms with Gasteiger partial charge in [-0.3, -0.25) is 4.57 Å². The molecule has 0 saturated heterocycles. The minimum Gasteiger partial charge on any atom is -0.309 e. The largest absolute Gasteiger partial charge is 0.309 e. The van der Waals surface area contributed by atoms with Crippen LogP contribution in [0.3, 0.4) is 0 Å². The molecule has 19 rings (SSSR count). The van der Waals surface area contributed by atoms with Crippen molar-refractivity contribution in [1.82, 2.24) is 19.1 Å². The fourth-order valence-electron chi connectivity index (χ4n) is 14.9. The minimum atomic E-state index is 0.617. The molecule has 0 N–H and O–H groups in total. The van der Waals surface area contributed by atoms with Crippen molar-refractivity contribution in [3.63, 3.8) is 0 Å². The quantitative estimate of drug-likeness (QED) is 0.161. The highest BCUT2D eigenvalue weighted by Gasteiger charge is 2.22. The molecule has 0 aliphatic carbocycles. The van der Waals surface area contributed by atoms with Gasteiger partial charge in [0.2, 0.25) is 5.95 Å². The number of nitrogens with zero attached hydrogens (tertiary/aromatic N) is 4. The van der Waals surface area contributed by atoms with Crippen LogP contribution in [0.2, 0.25) is 0 Å². The lowest BCUT2D eigenvalue weighted by molar-refractivity contribution is 0.996. The summed E-state index contributed by atoms with van der Waals surface area (Å²) in [6.45, 7) is 0. The van der Waals surface area contributed by atoms with E-state index in [0.29, 0.717) is 5.95 Å². The maximum Gasteiger partial charge on any atom is 0.235 e. The molecule has 19 aromatic rings. The maximum atomic E-state index is 5.65. The smallest absolute Gasteiger partial charge is 0.235 e. The molecule has 3 aromatic heterocycles. The van der Waals surface area contributed by atoms with Gasteiger partial charge in [-0.25, -0.2) is 9.97 Å². The van der Waals surface area contributed by atoms with Crippen LogP contribution in [0.5, 0.6) is 0 Å². The average molecular weight is 1090 g/mol. The van der Waals surface area contributed by atoms with Crippen molar-refractivity contribution in [3.05, 3.63) is 291 Å². The van der Waals surface area contributed by atoms with Crippen molar-refractivity contribution in [2.45, 2.75) is 0 Å². The van der Waals surface area contributed by atoms with E-state index in [9.17, 15) is 0 Å². The highest BCUT2D eigenvalue weighted by Crippen LogP contribution is 2.45.